The SMILES string of the molecule is C=O.CCOc1cc(NC2(C(=O)O)Cc3ccccc3C2)ccc1C(F)(F)F. The molecule has 0 radical (unpaired) electrons. The number of aliphatic carboxylic acids is 1. The van der Waals surface area contributed by atoms with E-state index < -0.39 is 23.2 Å². The van der Waals surface area contributed by atoms with Crippen LogP contribution in [0.2, 0.25) is 0 Å². The predicted octanol–water partition coefficient (Wildman–Crippen LogP) is 3.95. The average Bonchev–Trinajstić information content (AvgIpc) is 3.02. The molecule has 150 valence electrons. The van der Waals surface area contributed by atoms with Crippen LogP contribution in [0.25, 0.3) is 0 Å². The van der Waals surface area contributed by atoms with E-state index in [4.69, 9.17) is 9.53 Å². The van der Waals surface area contributed by atoms with Crippen molar-refractivity contribution in [1.82, 2.24) is 0 Å². The average molecular weight is 395 g/mol. The van der Waals surface area contributed by atoms with Gasteiger partial charge in [-0.05, 0) is 30.2 Å². The summed E-state index contributed by atoms with van der Waals surface area (Å²) in [6.45, 7) is 3.66. The van der Waals surface area contributed by atoms with Crippen molar-refractivity contribution < 1.29 is 32.6 Å². The van der Waals surface area contributed by atoms with Gasteiger partial charge < -0.3 is 20.0 Å². The van der Waals surface area contributed by atoms with Gasteiger partial charge in [-0.3, -0.25) is 0 Å². The lowest BCUT2D eigenvalue weighted by molar-refractivity contribution is -0.142. The Morgan fingerprint density at radius 1 is 1.18 bits per heavy atom. The highest BCUT2D eigenvalue weighted by atomic mass is 19.4. The van der Waals surface area contributed by atoms with Crippen LogP contribution in [0.3, 0.4) is 0 Å². The van der Waals surface area contributed by atoms with Gasteiger partial charge in [0.15, 0.2) is 0 Å². The number of carbonyl (C=O) groups is 2. The van der Waals surface area contributed by atoms with Crippen molar-refractivity contribution >= 4 is 18.4 Å². The quantitative estimate of drug-likeness (QED) is 0.802. The van der Waals surface area contributed by atoms with Gasteiger partial charge in [0.25, 0.3) is 0 Å². The molecule has 0 heterocycles. The van der Waals surface area contributed by atoms with Gasteiger partial charge in [0, 0.05) is 24.6 Å². The van der Waals surface area contributed by atoms with Crippen molar-refractivity contribution in [1.29, 1.82) is 0 Å². The van der Waals surface area contributed by atoms with Crippen LogP contribution in [0.1, 0.15) is 23.6 Å². The lowest BCUT2D eigenvalue weighted by Gasteiger charge is -2.27. The Hall–Kier alpha value is -3.03. The Balaban J connectivity index is 0.00000136. The minimum absolute atomic E-state index is 0.0715. The summed E-state index contributed by atoms with van der Waals surface area (Å²) in [4.78, 5) is 20.0. The fraction of sp³-hybridized carbons (Fsp3) is 0.300. The largest absolute Gasteiger partial charge is 0.493 e. The number of carboxylic acid groups (broad SMARTS) is 1. The smallest absolute Gasteiger partial charge is 0.419 e. The molecule has 28 heavy (non-hydrogen) atoms. The first-order valence-corrected chi connectivity index (χ1v) is 8.46. The van der Waals surface area contributed by atoms with Crippen LogP contribution in [-0.2, 0) is 28.6 Å². The van der Waals surface area contributed by atoms with Gasteiger partial charge >= 0.3 is 12.1 Å². The van der Waals surface area contributed by atoms with Gasteiger partial charge in [0.05, 0.1) is 12.2 Å². The minimum atomic E-state index is -4.54. The van der Waals surface area contributed by atoms with Crippen molar-refractivity contribution in [3.8, 4) is 5.75 Å². The maximum absolute atomic E-state index is 13.1. The number of hydrogen-bond acceptors (Lipinski definition) is 4. The highest BCUT2D eigenvalue weighted by Crippen LogP contribution is 2.39. The van der Waals surface area contributed by atoms with Crippen LogP contribution in [0.15, 0.2) is 42.5 Å². The Morgan fingerprint density at radius 2 is 1.75 bits per heavy atom. The van der Waals surface area contributed by atoms with Crippen LogP contribution in [-0.4, -0.2) is 30.0 Å². The summed E-state index contributed by atoms with van der Waals surface area (Å²) in [6, 6.07) is 10.7. The number of anilines is 1. The maximum atomic E-state index is 13.1. The van der Waals surface area contributed by atoms with E-state index in [2.05, 4.69) is 5.32 Å². The molecule has 0 aromatic heterocycles. The number of nitrogens with one attached hydrogen (secondary N) is 1. The number of benzene rings is 2. The van der Waals surface area contributed by atoms with E-state index in [9.17, 15) is 23.1 Å². The summed E-state index contributed by atoms with van der Waals surface area (Å²) in [7, 11) is 0. The summed E-state index contributed by atoms with van der Waals surface area (Å²) < 4.78 is 44.4. The zero-order chi connectivity index (χ0) is 20.9. The molecule has 0 aliphatic heterocycles. The summed E-state index contributed by atoms with van der Waals surface area (Å²) >= 11 is 0. The lowest BCUT2D eigenvalue weighted by atomic mass is 9.95. The van der Waals surface area contributed by atoms with E-state index in [0.717, 1.165) is 17.2 Å². The molecule has 8 heteroatoms. The molecule has 0 unspecified atom stereocenters. The van der Waals surface area contributed by atoms with Gasteiger partial charge in [0.1, 0.15) is 18.1 Å². The standard InChI is InChI=1S/C19H18F3NO3.CH2O/c1-2-26-16-9-14(7-8-15(16)19(20,21)22)23-18(17(24)25)10-12-5-3-4-6-13(12)11-18;1-2/h3-9,23H,2,10-11H2,1H3,(H,24,25);1H2. The molecule has 0 atom stereocenters. The molecule has 0 amide bonds. The van der Waals surface area contributed by atoms with Crippen molar-refractivity contribution in [2.45, 2.75) is 31.5 Å². The molecule has 0 spiro atoms. The van der Waals surface area contributed by atoms with E-state index in [-0.39, 0.29) is 30.9 Å². The Morgan fingerprint density at radius 3 is 2.21 bits per heavy atom. The molecule has 2 aromatic rings. The molecule has 5 nitrogen and oxygen atoms in total. The molecule has 0 fully saturated rings. The predicted molar refractivity (Wildman–Crippen MR) is 97.6 cm³/mol. The van der Waals surface area contributed by atoms with Crippen molar-refractivity contribution in [3.63, 3.8) is 0 Å². The fourth-order valence-electron chi connectivity index (χ4n) is 3.29. The third-order valence-corrected chi connectivity index (χ3v) is 4.48. The van der Waals surface area contributed by atoms with E-state index >= 15 is 0 Å². The van der Waals surface area contributed by atoms with Crippen molar-refractivity contribution in [2.24, 2.45) is 0 Å². The molecule has 1 aliphatic carbocycles. The first kappa shape index (κ1) is 21.3. The number of carbonyl (C=O) groups excluding carboxylic acids is 1. The monoisotopic (exact) mass is 395 g/mol. The third-order valence-electron chi connectivity index (χ3n) is 4.48. The maximum Gasteiger partial charge on any atom is 0.419 e. The first-order valence-electron chi connectivity index (χ1n) is 8.46. The highest BCUT2D eigenvalue weighted by molar-refractivity contribution is 5.85. The minimum Gasteiger partial charge on any atom is -0.493 e. The Labute approximate surface area is 160 Å². The first-order chi connectivity index (χ1) is 13.2. The molecular formula is C20H20F3NO4. The molecule has 2 N–H and O–H groups in total. The summed E-state index contributed by atoms with van der Waals surface area (Å²) in [5, 5.41) is 12.7. The number of fused-ring (bicyclic) bond motifs is 1. The van der Waals surface area contributed by atoms with E-state index in [1.807, 2.05) is 31.1 Å². The van der Waals surface area contributed by atoms with E-state index in [1.165, 1.54) is 12.1 Å². The number of alkyl halides is 3. The second-order valence-electron chi connectivity index (χ2n) is 6.28. The van der Waals surface area contributed by atoms with Crippen molar-refractivity contribution in [2.75, 3.05) is 11.9 Å². The van der Waals surface area contributed by atoms with E-state index in [1.54, 1.807) is 6.92 Å². The molecule has 2 aromatic carbocycles. The number of ether oxygens (including phenoxy) is 1. The second-order valence-corrected chi connectivity index (χ2v) is 6.28. The van der Waals surface area contributed by atoms with Crippen LogP contribution >= 0.6 is 0 Å². The molecule has 3 rings (SSSR count). The zero-order valence-electron chi connectivity index (χ0n) is 15.2. The molecule has 0 saturated heterocycles. The summed E-state index contributed by atoms with van der Waals surface area (Å²) in [5.74, 6) is -1.37. The summed E-state index contributed by atoms with van der Waals surface area (Å²) in [5.41, 5.74) is -0.0771. The number of rotatable bonds is 5. The number of halogens is 3. The van der Waals surface area contributed by atoms with Crippen LogP contribution in [0.4, 0.5) is 18.9 Å². The normalized spacial score (nSPS) is 14.4. The van der Waals surface area contributed by atoms with Crippen LogP contribution in [0.5, 0.6) is 5.75 Å². The highest BCUT2D eigenvalue weighted by Gasteiger charge is 2.44. The molecule has 0 bridgehead atoms. The van der Waals surface area contributed by atoms with Gasteiger partial charge in [0.2, 0.25) is 0 Å². The van der Waals surface area contributed by atoms with Gasteiger partial charge in [-0.1, -0.05) is 24.3 Å². The van der Waals surface area contributed by atoms with Gasteiger partial charge in [-0.15, -0.1) is 0 Å². The second kappa shape index (κ2) is 8.33. The number of carboxylic acids is 1. The lowest BCUT2D eigenvalue weighted by Crippen LogP contribution is -2.47. The number of hydrogen-bond donors (Lipinski definition) is 2. The van der Waals surface area contributed by atoms with Gasteiger partial charge in [-0.25, -0.2) is 4.79 Å². The topological polar surface area (TPSA) is 75.6 Å². The molecule has 1 aliphatic rings. The van der Waals surface area contributed by atoms with Gasteiger partial charge in [-0.2, -0.15) is 13.2 Å². The van der Waals surface area contributed by atoms with E-state index in [0.29, 0.717) is 0 Å². The third kappa shape index (κ3) is 4.27. The molecule has 0 saturated carbocycles. The van der Waals surface area contributed by atoms with Crippen LogP contribution in [0, 0.1) is 0 Å². The summed E-state index contributed by atoms with van der Waals surface area (Å²) in [6.07, 6.45) is -4.04. The van der Waals surface area contributed by atoms with Crippen LogP contribution < -0.4 is 10.1 Å². The zero-order valence-corrected chi connectivity index (χ0v) is 15.2. The Kier molecular flexibility index (Phi) is 6.33. The fourth-order valence-corrected chi connectivity index (χ4v) is 3.29. The molecular weight excluding hydrogens is 375 g/mol. The van der Waals surface area contributed by atoms with Crippen molar-refractivity contribution in [3.05, 3.63) is 59.2 Å². The Bertz CT molecular complexity index is 827.